The fraction of sp³-hybridized carbons (Fsp3) is 0.100. The van der Waals surface area contributed by atoms with Crippen LogP contribution in [0.3, 0.4) is 0 Å². The SMILES string of the molecule is ClCc1ncoc1-c1ccc(Br)cc1Br. The lowest BCUT2D eigenvalue weighted by Gasteiger charge is -2.02. The van der Waals surface area contributed by atoms with Gasteiger partial charge in [0.05, 0.1) is 5.88 Å². The molecule has 0 aliphatic rings. The number of benzene rings is 1. The molecular weight excluding hydrogens is 345 g/mol. The topological polar surface area (TPSA) is 26.0 Å². The molecule has 0 N–H and O–H groups in total. The number of hydrogen-bond donors (Lipinski definition) is 0. The highest BCUT2D eigenvalue weighted by Crippen LogP contribution is 2.32. The minimum absolute atomic E-state index is 0.342. The van der Waals surface area contributed by atoms with E-state index in [2.05, 4.69) is 36.8 Å². The first kappa shape index (κ1) is 11.2. The second-order valence-corrected chi connectivity index (χ2v) is 4.92. The van der Waals surface area contributed by atoms with E-state index in [4.69, 9.17) is 16.0 Å². The third kappa shape index (κ3) is 2.27. The van der Waals surface area contributed by atoms with Gasteiger partial charge < -0.3 is 4.42 Å². The minimum atomic E-state index is 0.342. The molecule has 0 saturated carbocycles. The van der Waals surface area contributed by atoms with Gasteiger partial charge in [-0.3, -0.25) is 0 Å². The Morgan fingerprint density at radius 1 is 1.33 bits per heavy atom. The molecule has 1 heterocycles. The van der Waals surface area contributed by atoms with Crippen molar-refractivity contribution in [1.82, 2.24) is 4.98 Å². The highest BCUT2D eigenvalue weighted by atomic mass is 79.9. The molecule has 0 atom stereocenters. The van der Waals surface area contributed by atoms with Gasteiger partial charge in [0.1, 0.15) is 5.69 Å². The van der Waals surface area contributed by atoms with Gasteiger partial charge in [0.2, 0.25) is 0 Å². The quantitative estimate of drug-likeness (QED) is 0.739. The maximum atomic E-state index is 5.76. The third-order valence-corrected chi connectivity index (χ3v) is 3.35. The zero-order valence-corrected chi connectivity index (χ0v) is 11.4. The van der Waals surface area contributed by atoms with Crippen LogP contribution in [-0.2, 0) is 5.88 Å². The van der Waals surface area contributed by atoms with Gasteiger partial charge in [-0.05, 0) is 34.1 Å². The van der Waals surface area contributed by atoms with Gasteiger partial charge in [-0.15, -0.1) is 11.6 Å². The first-order valence-electron chi connectivity index (χ1n) is 4.16. The predicted octanol–water partition coefficient (Wildman–Crippen LogP) is 4.61. The summed E-state index contributed by atoms with van der Waals surface area (Å²) in [7, 11) is 0. The summed E-state index contributed by atoms with van der Waals surface area (Å²) in [6, 6.07) is 5.85. The van der Waals surface area contributed by atoms with Crippen LogP contribution in [0, 0.1) is 0 Å². The Bertz CT molecular complexity index is 484. The summed E-state index contributed by atoms with van der Waals surface area (Å²) in [6.45, 7) is 0. The Labute approximate surface area is 109 Å². The summed E-state index contributed by atoms with van der Waals surface area (Å²) >= 11 is 12.6. The molecule has 2 rings (SSSR count). The zero-order chi connectivity index (χ0) is 10.8. The number of hydrogen-bond acceptors (Lipinski definition) is 2. The lowest BCUT2D eigenvalue weighted by atomic mass is 10.1. The van der Waals surface area contributed by atoms with E-state index in [1.807, 2.05) is 18.2 Å². The summed E-state index contributed by atoms with van der Waals surface area (Å²) in [5.74, 6) is 1.05. The fourth-order valence-corrected chi connectivity index (χ4v) is 2.67. The molecule has 0 fully saturated rings. The molecule has 0 amide bonds. The van der Waals surface area contributed by atoms with Gasteiger partial charge in [0, 0.05) is 14.5 Å². The van der Waals surface area contributed by atoms with E-state index in [-0.39, 0.29) is 0 Å². The number of nitrogens with zero attached hydrogens (tertiary/aromatic N) is 1. The van der Waals surface area contributed by atoms with Gasteiger partial charge in [-0.25, -0.2) is 4.98 Å². The van der Waals surface area contributed by atoms with E-state index in [9.17, 15) is 0 Å². The average Bonchev–Trinajstić information content (AvgIpc) is 2.65. The zero-order valence-electron chi connectivity index (χ0n) is 7.51. The summed E-state index contributed by atoms with van der Waals surface area (Å²) in [5.41, 5.74) is 1.70. The molecule has 15 heavy (non-hydrogen) atoms. The van der Waals surface area contributed by atoms with Gasteiger partial charge in [0.25, 0.3) is 0 Å². The first-order valence-corrected chi connectivity index (χ1v) is 6.28. The Hall–Kier alpha value is -0.320. The molecule has 0 saturated heterocycles. The molecule has 0 unspecified atom stereocenters. The van der Waals surface area contributed by atoms with Gasteiger partial charge in [-0.2, -0.15) is 0 Å². The first-order chi connectivity index (χ1) is 7.22. The third-order valence-electron chi connectivity index (χ3n) is 1.94. The molecule has 0 bridgehead atoms. The lowest BCUT2D eigenvalue weighted by Crippen LogP contribution is -1.84. The van der Waals surface area contributed by atoms with E-state index in [1.165, 1.54) is 6.39 Å². The van der Waals surface area contributed by atoms with Crippen molar-refractivity contribution in [3.63, 3.8) is 0 Å². The average molecular weight is 351 g/mol. The Kier molecular flexibility index (Phi) is 3.49. The Balaban J connectivity index is 2.54. The monoisotopic (exact) mass is 349 g/mol. The Morgan fingerprint density at radius 2 is 2.13 bits per heavy atom. The van der Waals surface area contributed by atoms with Crippen LogP contribution in [-0.4, -0.2) is 4.98 Å². The highest BCUT2D eigenvalue weighted by Gasteiger charge is 2.12. The van der Waals surface area contributed by atoms with Crippen molar-refractivity contribution in [2.75, 3.05) is 0 Å². The number of alkyl halides is 1. The normalized spacial score (nSPS) is 10.6. The van der Waals surface area contributed by atoms with Crippen LogP contribution < -0.4 is 0 Å². The van der Waals surface area contributed by atoms with Crippen LogP contribution in [0.25, 0.3) is 11.3 Å². The van der Waals surface area contributed by atoms with E-state index in [1.54, 1.807) is 0 Å². The molecular formula is C10H6Br2ClNO. The maximum absolute atomic E-state index is 5.76. The van der Waals surface area contributed by atoms with E-state index in [0.717, 1.165) is 20.2 Å². The largest absolute Gasteiger partial charge is 0.443 e. The second kappa shape index (κ2) is 4.68. The van der Waals surface area contributed by atoms with Crippen molar-refractivity contribution in [2.24, 2.45) is 0 Å². The van der Waals surface area contributed by atoms with Gasteiger partial charge in [-0.1, -0.05) is 15.9 Å². The molecule has 2 nitrogen and oxygen atoms in total. The van der Waals surface area contributed by atoms with Gasteiger partial charge in [0.15, 0.2) is 12.2 Å². The smallest absolute Gasteiger partial charge is 0.181 e. The molecule has 0 radical (unpaired) electrons. The molecule has 5 heteroatoms. The standard InChI is InChI=1S/C10H6Br2ClNO/c11-6-1-2-7(8(12)3-6)10-9(4-13)14-5-15-10/h1-3,5H,4H2. The van der Waals surface area contributed by atoms with Crippen molar-refractivity contribution >= 4 is 43.5 Å². The number of rotatable bonds is 2. The van der Waals surface area contributed by atoms with Crippen molar-refractivity contribution in [3.8, 4) is 11.3 Å². The van der Waals surface area contributed by atoms with Gasteiger partial charge >= 0.3 is 0 Å². The summed E-state index contributed by atoms with van der Waals surface area (Å²) in [6.07, 6.45) is 1.40. The van der Waals surface area contributed by atoms with Crippen molar-refractivity contribution in [2.45, 2.75) is 5.88 Å². The van der Waals surface area contributed by atoms with Crippen LogP contribution in [0.5, 0.6) is 0 Å². The van der Waals surface area contributed by atoms with Crippen LogP contribution in [0.4, 0.5) is 0 Å². The van der Waals surface area contributed by atoms with Crippen LogP contribution >= 0.6 is 43.5 Å². The molecule has 1 aromatic carbocycles. The molecule has 0 aliphatic heterocycles. The Morgan fingerprint density at radius 3 is 2.80 bits per heavy atom. The van der Waals surface area contributed by atoms with Crippen LogP contribution in [0.1, 0.15) is 5.69 Å². The van der Waals surface area contributed by atoms with Crippen LogP contribution in [0.15, 0.2) is 38.0 Å². The van der Waals surface area contributed by atoms with E-state index < -0.39 is 0 Å². The number of oxazole rings is 1. The predicted molar refractivity (Wildman–Crippen MR) is 66.9 cm³/mol. The van der Waals surface area contributed by atoms with E-state index >= 15 is 0 Å². The summed E-state index contributed by atoms with van der Waals surface area (Å²) in [5, 5.41) is 0. The molecule has 1 aromatic heterocycles. The van der Waals surface area contributed by atoms with Crippen molar-refractivity contribution in [3.05, 3.63) is 39.2 Å². The molecule has 0 aliphatic carbocycles. The van der Waals surface area contributed by atoms with Crippen LogP contribution in [0.2, 0.25) is 0 Å². The maximum Gasteiger partial charge on any atom is 0.181 e. The molecule has 2 aromatic rings. The number of halogens is 3. The minimum Gasteiger partial charge on any atom is -0.443 e. The second-order valence-electron chi connectivity index (χ2n) is 2.89. The fourth-order valence-electron chi connectivity index (χ4n) is 1.26. The van der Waals surface area contributed by atoms with E-state index in [0.29, 0.717) is 11.6 Å². The molecule has 0 spiro atoms. The highest BCUT2D eigenvalue weighted by molar-refractivity contribution is 9.11. The lowest BCUT2D eigenvalue weighted by molar-refractivity contribution is 0.571. The number of aromatic nitrogens is 1. The summed E-state index contributed by atoms with van der Waals surface area (Å²) < 4.78 is 7.27. The summed E-state index contributed by atoms with van der Waals surface area (Å²) in [4.78, 5) is 4.04. The van der Waals surface area contributed by atoms with Crippen molar-refractivity contribution < 1.29 is 4.42 Å². The molecule has 78 valence electrons. The van der Waals surface area contributed by atoms with Crippen molar-refractivity contribution in [1.29, 1.82) is 0 Å².